The summed E-state index contributed by atoms with van der Waals surface area (Å²) >= 11 is 5.84. The predicted molar refractivity (Wildman–Crippen MR) is 85.2 cm³/mol. The van der Waals surface area contributed by atoms with Crippen LogP contribution < -0.4 is 10.6 Å². The topological polar surface area (TPSA) is 84.3 Å². The lowest BCUT2D eigenvalue weighted by molar-refractivity contribution is -0.385. The van der Waals surface area contributed by atoms with E-state index >= 15 is 0 Å². The number of carbonyl (C=O) groups is 1. The fourth-order valence-corrected chi connectivity index (χ4v) is 2.93. The van der Waals surface area contributed by atoms with Gasteiger partial charge in [-0.05, 0) is 36.9 Å². The number of nitrogens with one attached hydrogen (secondary N) is 2. The largest absolute Gasteiger partial charge is 0.350 e. The van der Waals surface area contributed by atoms with Gasteiger partial charge >= 0.3 is 0 Å². The van der Waals surface area contributed by atoms with Gasteiger partial charge in [0.2, 0.25) is 0 Å². The van der Waals surface area contributed by atoms with Gasteiger partial charge in [-0.2, -0.15) is 0 Å². The SMILES string of the molecule is CC1(C)CCCNC1CNC(=O)c1cc(Cl)ccc1[N+](=O)[O-]. The first-order valence-electron chi connectivity index (χ1n) is 7.27. The molecule has 1 saturated heterocycles. The summed E-state index contributed by atoms with van der Waals surface area (Å²) in [7, 11) is 0. The van der Waals surface area contributed by atoms with Gasteiger partial charge in [0.1, 0.15) is 5.56 Å². The number of nitrogens with zero attached hydrogens (tertiary/aromatic N) is 1. The Morgan fingerprint density at radius 2 is 2.27 bits per heavy atom. The van der Waals surface area contributed by atoms with E-state index in [4.69, 9.17) is 11.6 Å². The summed E-state index contributed by atoms with van der Waals surface area (Å²) in [5.74, 6) is -0.475. The molecule has 2 N–H and O–H groups in total. The third-order valence-electron chi connectivity index (χ3n) is 4.20. The molecule has 120 valence electrons. The number of piperidine rings is 1. The van der Waals surface area contributed by atoms with Crippen LogP contribution in [0.4, 0.5) is 5.69 Å². The van der Waals surface area contributed by atoms with Crippen molar-refractivity contribution in [2.45, 2.75) is 32.7 Å². The third-order valence-corrected chi connectivity index (χ3v) is 4.43. The minimum atomic E-state index is -0.575. The molecule has 1 fully saturated rings. The Hall–Kier alpha value is -1.66. The van der Waals surface area contributed by atoms with E-state index in [-0.39, 0.29) is 22.7 Å². The quantitative estimate of drug-likeness (QED) is 0.658. The summed E-state index contributed by atoms with van der Waals surface area (Å²) in [6.07, 6.45) is 2.19. The lowest BCUT2D eigenvalue weighted by Gasteiger charge is -2.39. The normalized spacial score (nSPS) is 20.4. The lowest BCUT2D eigenvalue weighted by atomic mass is 9.77. The van der Waals surface area contributed by atoms with Crippen LogP contribution in [0.1, 0.15) is 37.0 Å². The van der Waals surface area contributed by atoms with Gasteiger partial charge in [-0.1, -0.05) is 25.4 Å². The molecule has 1 aliphatic heterocycles. The maximum atomic E-state index is 12.3. The van der Waals surface area contributed by atoms with Crippen LogP contribution in [-0.4, -0.2) is 30.0 Å². The number of rotatable bonds is 4. The molecular weight excluding hydrogens is 306 g/mol. The summed E-state index contributed by atoms with van der Waals surface area (Å²) in [4.78, 5) is 22.7. The van der Waals surface area contributed by atoms with E-state index in [0.717, 1.165) is 19.4 Å². The second-order valence-corrected chi connectivity index (χ2v) is 6.66. The van der Waals surface area contributed by atoms with Crippen molar-refractivity contribution in [1.29, 1.82) is 0 Å². The molecule has 1 atom stereocenters. The molecule has 1 unspecified atom stereocenters. The van der Waals surface area contributed by atoms with Gasteiger partial charge in [0.25, 0.3) is 11.6 Å². The maximum Gasteiger partial charge on any atom is 0.282 e. The highest BCUT2D eigenvalue weighted by molar-refractivity contribution is 6.31. The van der Waals surface area contributed by atoms with Crippen molar-refractivity contribution >= 4 is 23.2 Å². The minimum Gasteiger partial charge on any atom is -0.350 e. The molecule has 22 heavy (non-hydrogen) atoms. The monoisotopic (exact) mass is 325 g/mol. The molecule has 7 heteroatoms. The van der Waals surface area contributed by atoms with Gasteiger partial charge in [0.15, 0.2) is 0 Å². The smallest absolute Gasteiger partial charge is 0.282 e. The zero-order valence-electron chi connectivity index (χ0n) is 12.7. The molecule has 1 aliphatic rings. The first-order chi connectivity index (χ1) is 10.3. The van der Waals surface area contributed by atoms with Gasteiger partial charge in [-0.25, -0.2) is 0 Å². The van der Waals surface area contributed by atoms with E-state index in [1.165, 1.54) is 18.2 Å². The van der Waals surface area contributed by atoms with Gasteiger partial charge in [-0.15, -0.1) is 0 Å². The third kappa shape index (κ3) is 3.75. The Kier molecular flexibility index (Phi) is 5.03. The molecule has 0 aromatic heterocycles. The van der Waals surface area contributed by atoms with Crippen LogP contribution in [0.25, 0.3) is 0 Å². The Balaban J connectivity index is 2.09. The number of nitro benzene ring substituents is 1. The number of hydrogen-bond acceptors (Lipinski definition) is 4. The molecule has 6 nitrogen and oxygen atoms in total. The summed E-state index contributed by atoms with van der Waals surface area (Å²) in [6.45, 7) is 5.65. The molecule has 0 spiro atoms. The van der Waals surface area contributed by atoms with Crippen molar-refractivity contribution in [3.05, 3.63) is 38.9 Å². The molecule has 0 saturated carbocycles. The second kappa shape index (κ2) is 6.62. The van der Waals surface area contributed by atoms with E-state index in [1.54, 1.807) is 0 Å². The molecule has 0 radical (unpaired) electrons. The first kappa shape index (κ1) is 16.7. The molecule has 2 rings (SSSR count). The maximum absolute atomic E-state index is 12.3. The first-order valence-corrected chi connectivity index (χ1v) is 7.64. The number of nitro groups is 1. The Labute approximate surface area is 134 Å². The summed E-state index contributed by atoms with van der Waals surface area (Å²) in [5, 5.41) is 17.5. The molecule has 1 aromatic carbocycles. The van der Waals surface area contributed by atoms with Gasteiger partial charge in [0, 0.05) is 23.7 Å². The van der Waals surface area contributed by atoms with Crippen molar-refractivity contribution in [3.8, 4) is 0 Å². The van der Waals surface area contributed by atoms with Crippen LogP contribution in [0.3, 0.4) is 0 Å². The second-order valence-electron chi connectivity index (χ2n) is 6.23. The highest BCUT2D eigenvalue weighted by Crippen LogP contribution is 2.30. The number of amides is 1. The van der Waals surface area contributed by atoms with E-state index in [2.05, 4.69) is 24.5 Å². The van der Waals surface area contributed by atoms with Crippen LogP contribution in [0.2, 0.25) is 5.02 Å². The summed E-state index contributed by atoms with van der Waals surface area (Å²) in [5.41, 5.74) is -0.171. The minimum absolute atomic E-state index is 0.00823. The van der Waals surface area contributed by atoms with Crippen molar-refractivity contribution in [2.75, 3.05) is 13.1 Å². The van der Waals surface area contributed by atoms with Gasteiger partial charge in [-0.3, -0.25) is 14.9 Å². The highest BCUT2D eigenvalue weighted by atomic mass is 35.5. The van der Waals surface area contributed by atoms with Crippen LogP contribution in [-0.2, 0) is 0 Å². The molecule has 1 amide bonds. The van der Waals surface area contributed by atoms with Gasteiger partial charge < -0.3 is 10.6 Å². The number of halogens is 1. The van der Waals surface area contributed by atoms with Gasteiger partial charge in [0.05, 0.1) is 4.92 Å². The number of carbonyl (C=O) groups excluding carboxylic acids is 1. The van der Waals surface area contributed by atoms with Crippen molar-refractivity contribution < 1.29 is 9.72 Å². The number of hydrogen-bond donors (Lipinski definition) is 2. The fraction of sp³-hybridized carbons (Fsp3) is 0.533. The predicted octanol–water partition coefficient (Wildman–Crippen LogP) is 2.76. The van der Waals surface area contributed by atoms with E-state index < -0.39 is 10.8 Å². The van der Waals surface area contributed by atoms with E-state index in [9.17, 15) is 14.9 Å². The zero-order valence-corrected chi connectivity index (χ0v) is 13.4. The molecule has 0 aliphatic carbocycles. The molecule has 1 heterocycles. The van der Waals surface area contributed by atoms with Crippen molar-refractivity contribution in [3.63, 3.8) is 0 Å². The van der Waals surface area contributed by atoms with Crippen LogP contribution >= 0.6 is 11.6 Å². The fourth-order valence-electron chi connectivity index (χ4n) is 2.76. The zero-order chi connectivity index (χ0) is 16.3. The van der Waals surface area contributed by atoms with Crippen molar-refractivity contribution in [2.24, 2.45) is 5.41 Å². The summed E-state index contributed by atoms with van der Waals surface area (Å²) in [6, 6.07) is 4.12. The Bertz CT molecular complexity index is 589. The Morgan fingerprint density at radius 1 is 1.55 bits per heavy atom. The van der Waals surface area contributed by atoms with E-state index in [0.29, 0.717) is 11.6 Å². The number of benzene rings is 1. The molecule has 0 bridgehead atoms. The van der Waals surface area contributed by atoms with Crippen LogP contribution in [0, 0.1) is 15.5 Å². The Morgan fingerprint density at radius 3 is 2.91 bits per heavy atom. The average molecular weight is 326 g/mol. The van der Waals surface area contributed by atoms with Crippen molar-refractivity contribution in [1.82, 2.24) is 10.6 Å². The molecular formula is C15H20ClN3O3. The summed E-state index contributed by atoms with van der Waals surface area (Å²) < 4.78 is 0. The van der Waals surface area contributed by atoms with Crippen LogP contribution in [0.15, 0.2) is 18.2 Å². The molecule has 1 aromatic rings. The average Bonchev–Trinajstić information content (AvgIpc) is 2.45. The lowest BCUT2D eigenvalue weighted by Crippen LogP contribution is -2.52. The standard InChI is InChI=1S/C15H20ClN3O3/c1-15(2)6-3-7-17-13(15)9-18-14(20)11-8-10(16)4-5-12(11)19(21)22/h4-5,8,13,17H,3,6-7,9H2,1-2H3,(H,18,20). The van der Waals surface area contributed by atoms with E-state index in [1.807, 2.05) is 0 Å². The highest BCUT2D eigenvalue weighted by Gasteiger charge is 2.32. The van der Waals surface area contributed by atoms with Crippen LogP contribution in [0.5, 0.6) is 0 Å².